The molecule has 0 radical (unpaired) electrons. The molecule has 6 nitrogen and oxygen atoms in total. The van der Waals surface area contributed by atoms with Crippen molar-refractivity contribution in [3.05, 3.63) is 0 Å². The molecule has 0 saturated carbocycles. The highest BCUT2D eigenvalue weighted by Gasteiger charge is 2.44. The fourth-order valence-electron chi connectivity index (χ4n) is 2.52. The van der Waals surface area contributed by atoms with Crippen LogP contribution in [0.4, 0.5) is 9.59 Å². The van der Waals surface area contributed by atoms with E-state index >= 15 is 0 Å². The van der Waals surface area contributed by atoms with Crippen LogP contribution in [0.2, 0.25) is 0 Å². The normalized spacial score (nSPS) is 12.2. The van der Waals surface area contributed by atoms with E-state index in [0.29, 0.717) is 0 Å². The molecule has 0 heterocycles. The zero-order chi connectivity index (χ0) is 18.1. The first-order valence-corrected chi connectivity index (χ1v) is 8.48. The van der Waals surface area contributed by atoms with Gasteiger partial charge >= 0.3 is 6.85 Å². The van der Waals surface area contributed by atoms with Gasteiger partial charge in [0.25, 0.3) is 11.7 Å². The summed E-state index contributed by atoms with van der Waals surface area (Å²) in [5.74, 6) is -2.72. The molecule has 0 aliphatic rings. The lowest BCUT2D eigenvalue weighted by atomic mass is 9.57. The molecule has 0 aliphatic heterocycles. The van der Waals surface area contributed by atoms with Crippen LogP contribution in [0.1, 0.15) is 72.6 Å². The Balaban J connectivity index is 4.41. The molecule has 7 heteroatoms. The maximum Gasteiger partial charge on any atom is 0.483 e. The summed E-state index contributed by atoms with van der Waals surface area (Å²) in [7, 11) is 0. The fraction of sp³-hybridized carbons (Fsp3) is 0.875. The molecule has 0 fully saturated rings. The van der Waals surface area contributed by atoms with Crippen molar-refractivity contribution in [3.63, 3.8) is 0 Å². The zero-order valence-electron chi connectivity index (χ0n) is 15.0. The Kier molecular flexibility index (Phi) is 9.47. The molecule has 0 amide bonds. The molecule has 0 aromatic carbocycles. The Morgan fingerprint density at radius 1 is 0.913 bits per heavy atom. The quantitative estimate of drug-likeness (QED) is 0.304. The average molecular weight is 328 g/mol. The number of hydrogen-bond acceptors (Lipinski definition) is 4. The summed E-state index contributed by atoms with van der Waals surface area (Å²) in [6.45, 7) is 7.01. The molecule has 0 rings (SSSR count). The molecule has 0 atom stereocenters. The number of nitrogens with two attached hydrogens (primary N) is 1. The van der Waals surface area contributed by atoms with E-state index in [0.717, 1.165) is 32.2 Å². The summed E-state index contributed by atoms with van der Waals surface area (Å²) in [6.07, 6.45) is 7.71. The molecule has 0 aromatic heterocycles. The third-order valence-electron chi connectivity index (χ3n) is 4.95. The van der Waals surface area contributed by atoms with Crippen LogP contribution in [0.5, 0.6) is 0 Å². The van der Waals surface area contributed by atoms with Crippen LogP contribution in [-0.2, 0) is 0 Å². The van der Waals surface area contributed by atoms with Crippen molar-refractivity contribution >= 4 is 18.6 Å². The Morgan fingerprint density at radius 2 is 1.35 bits per heavy atom. The molecule has 23 heavy (non-hydrogen) atoms. The summed E-state index contributed by atoms with van der Waals surface area (Å²) in [4.78, 5) is 22.2. The number of rotatable bonds is 13. The van der Waals surface area contributed by atoms with Crippen LogP contribution in [-0.4, -0.2) is 40.9 Å². The first kappa shape index (κ1) is 21.9. The van der Waals surface area contributed by atoms with E-state index in [-0.39, 0.29) is 5.41 Å². The number of carboxylic acid groups (broad SMARTS) is 2. The van der Waals surface area contributed by atoms with Gasteiger partial charge in [0.05, 0.1) is 0 Å². The molecule has 0 bridgehead atoms. The summed E-state index contributed by atoms with van der Waals surface area (Å²) < 4.78 is 0. The molecular weight excluding hydrogens is 295 g/mol. The van der Waals surface area contributed by atoms with Gasteiger partial charge in [-0.05, 0) is 38.6 Å². The lowest BCUT2D eigenvalue weighted by Gasteiger charge is -2.43. The summed E-state index contributed by atoms with van der Waals surface area (Å²) >= 11 is 0. The van der Waals surface area contributed by atoms with Crippen LogP contribution in [0.25, 0.3) is 0 Å². The van der Waals surface area contributed by atoms with Crippen LogP contribution in [0.15, 0.2) is 0 Å². The molecule has 0 unspecified atom stereocenters. The Labute approximate surface area is 140 Å². The second-order valence-corrected chi connectivity index (χ2v) is 7.42. The van der Waals surface area contributed by atoms with Crippen LogP contribution < -0.4 is 11.0 Å². The van der Waals surface area contributed by atoms with Gasteiger partial charge in [0.15, 0.2) is 0 Å². The van der Waals surface area contributed by atoms with Gasteiger partial charge < -0.3 is 21.2 Å². The molecule has 0 aromatic rings. The third-order valence-corrected chi connectivity index (χ3v) is 4.95. The predicted octanol–water partition coefficient (Wildman–Crippen LogP) is 3.58. The predicted molar refractivity (Wildman–Crippen MR) is 94.2 cm³/mol. The Hall–Kier alpha value is -1.08. The first-order valence-electron chi connectivity index (χ1n) is 8.48. The van der Waals surface area contributed by atoms with E-state index in [2.05, 4.69) is 19.1 Å². The van der Waals surface area contributed by atoms with Gasteiger partial charge in [-0.25, -0.2) is 0 Å². The molecule has 5 N–H and O–H groups in total. The second-order valence-electron chi connectivity index (χ2n) is 7.42. The van der Waals surface area contributed by atoms with Crippen molar-refractivity contribution in [2.24, 2.45) is 11.1 Å². The Morgan fingerprint density at radius 3 is 1.78 bits per heavy atom. The lowest BCUT2D eigenvalue weighted by molar-refractivity contribution is 0.157. The standard InChI is InChI=1S/C16H33BN2O4/c1-15(2,11-9-7-5-6-8-10-12-18)16(3,4)19-17(13(20)21)14(22)23/h19H,5-12,18H2,1-4H3,(H,20,21)(H,22,23). The number of unbranched alkanes of at least 4 members (excludes halogenated alkanes) is 5. The van der Waals surface area contributed by atoms with Gasteiger partial charge in [-0.3, -0.25) is 9.59 Å². The van der Waals surface area contributed by atoms with Gasteiger partial charge in [0, 0.05) is 5.54 Å². The van der Waals surface area contributed by atoms with Gasteiger partial charge in [-0.2, -0.15) is 0 Å². The van der Waals surface area contributed by atoms with E-state index < -0.39 is 24.1 Å². The largest absolute Gasteiger partial charge is 0.487 e. The second kappa shape index (κ2) is 9.93. The summed E-state index contributed by atoms with van der Waals surface area (Å²) in [5, 5.41) is 20.9. The Bertz CT molecular complexity index is 372. The topological polar surface area (TPSA) is 113 Å². The zero-order valence-corrected chi connectivity index (χ0v) is 15.0. The molecule has 0 aliphatic carbocycles. The van der Waals surface area contributed by atoms with E-state index in [9.17, 15) is 9.59 Å². The highest BCUT2D eigenvalue weighted by molar-refractivity contribution is 7.07. The van der Waals surface area contributed by atoms with Crippen molar-refractivity contribution < 1.29 is 19.8 Å². The van der Waals surface area contributed by atoms with E-state index in [1.54, 1.807) is 0 Å². The highest BCUT2D eigenvalue weighted by Crippen LogP contribution is 2.36. The van der Waals surface area contributed by atoms with E-state index in [1.165, 1.54) is 19.3 Å². The molecular formula is C16H33BN2O4. The van der Waals surface area contributed by atoms with Gasteiger partial charge in [0.2, 0.25) is 0 Å². The van der Waals surface area contributed by atoms with Crippen molar-refractivity contribution in [3.8, 4) is 0 Å². The van der Waals surface area contributed by atoms with Crippen molar-refractivity contribution in [2.75, 3.05) is 6.54 Å². The maximum absolute atomic E-state index is 11.1. The molecule has 0 saturated heterocycles. The van der Waals surface area contributed by atoms with E-state index in [4.69, 9.17) is 15.9 Å². The van der Waals surface area contributed by atoms with Crippen LogP contribution in [0.3, 0.4) is 0 Å². The van der Waals surface area contributed by atoms with Gasteiger partial charge in [-0.1, -0.05) is 46.0 Å². The fourth-order valence-corrected chi connectivity index (χ4v) is 2.52. The molecule has 0 spiro atoms. The number of hydrogen-bond donors (Lipinski definition) is 4. The van der Waals surface area contributed by atoms with Crippen LogP contribution >= 0.6 is 0 Å². The minimum atomic E-state index is -1.58. The van der Waals surface area contributed by atoms with Gasteiger partial charge in [0.1, 0.15) is 0 Å². The lowest BCUT2D eigenvalue weighted by Crippen LogP contribution is -2.62. The minimum absolute atomic E-state index is 0.215. The third kappa shape index (κ3) is 7.84. The maximum atomic E-state index is 11.1. The monoisotopic (exact) mass is 328 g/mol. The average Bonchev–Trinajstić information content (AvgIpc) is 2.43. The smallest absolute Gasteiger partial charge is 0.483 e. The SMILES string of the molecule is CC(C)(CCCCCCCCN)C(C)(C)NB(C(=O)O)C(=O)O. The van der Waals surface area contributed by atoms with E-state index in [1.807, 2.05) is 13.8 Å². The number of nitrogens with one attached hydrogen (secondary N) is 1. The van der Waals surface area contributed by atoms with Gasteiger partial charge in [-0.15, -0.1) is 0 Å². The summed E-state index contributed by atoms with van der Waals surface area (Å²) in [5.41, 5.74) is 4.65. The van der Waals surface area contributed by atoms with Crippen molar-refractivity contribution in [2.45, 2.75) is 78.2 Å². The highest BCUT2D eigenvalue weighted by atomic mass is 16.4. The van der Waals surface area contributed by atoms with Crippen LogP contribution in [0, 0.1) is 5.41 Å². The number of carbonyl (C=O) groups is 2. The first-order chi connectivity index (χ1) is 10.5. The minimum Gasteiger partial charge on any atom is -0.487 e. The van der Waals surface area contributed by atoms with Crippen molar-refractivity contribution in [1.29, 1.82) is 0 Å². The molecule has 134 valence electrons. The summed E-state index contributed by atoms with van der Waals surface area (Å²) in [6, 6.07) is 0. The van der Waals surface area contributed by atoms with Crippen molar-refractivity contribution in [1.82, 2.24) is 5.23 Å².